The summed E-state index contributed by atoms with van der Waals surface area (Å²) >= 11 is 1.61. The number of nitrogens with one attached hydrogen (secondary N) is 1. The lowest BCUT2D eigenvalue weighted by molar-refractivity contribution is 0.0817. The molecule has 0 radical (unpaired) electrons. The van der Waals surface area contributed by atoms with Gasteiger partial charge in [0.1, 0.15) is 28.4 Å². The van der Waals surface area contributed by atoms with Gasteiger partial charge in [-0.25, -0.2) is 15.0 Å². The molecule has 0 aliphatic carbocycles. The van der Waals surface area contributed by atoms with E-state index in [1.165, 1.54) is 0 Å². The van der Waals surface area contributed by atoms with Crippen molar-refractivity contribution >= 4 is 23.4 Å². The Labute approximate surface area is 189 Å². The summed E-state index contributed by atoms with van der Waals surface area (Å²) in [4.78, 5) is 16.9. The molecule has 6 rings (SSSR count). The summed E-state index contributed by atoms with van der Waals surface area (Å²) in [5.41, 5.74) is 4.13. The Morgan fingerprint density at radius 3 is 2.88 bits per heavy atom. The lowest BCUT2D eigenvalue weighted by atomic mass is 9.99. The molecule has 0 amide bonds. The maximum Gasteiger partial charge on any atom is 0.160 e. The molecule has 3 aromatic heterocycles. The van der Waals surface area contributed by atoms with Gasteiger partial charge in [0, 0.05) is 37.0 Å². The molecule has 166 valence electrons. The number of anilines is 1. The largest absolute Gasteiger partial charge is 0.381 e. The van der Waals surface area contributed by atoms with Gasteiger partial charge in [-0.05, 0) is 26.2 Å². The molecule has 2 unspecified atom stereocenters. The van der Waals surface area contributed by atoms with E-state index in [2.05, 4.69) is 42.1 Å². The molecule has 32 heavy (non-hydrogen) atoms. The van der Waals surface area contributed by atoms with E-state index in [1.807, 2.05) is 30.9 Å². The molecule has 11 heteroatoms. The fourth-order valence-electron chi connectivity index (χ4n) is 5.00. The number of nitrogens with zero attached hydrogens (tertiary/aromatic N) is 8. The van der Waals surface area contributed by atoms with Crippen molar-refractivity contribution in [1.29, 1.82) is 0 Å². The third-order valence-electron chi connectivity index (χ3n) is 6.53. The monoisotopic (exact) mass is 451 g/mol. The van der Waals surface area contributed by atoms with E-state index in [9.17, 15) is 0 Å². The number of hydrazone groups is 1. The van der Waals surface area contributed by atoms with Gasteiger partial charge in [-0.2, -0.15) is 5.10 Å². The molecular weight excluding hydrogens is 426 g/mol. The zero-order valence-corrected chi connectivity index (χ0v) is 18.9. The summed E-state index contributed by atoms with van der Waals surface area (Å²) in [5.74, 6) is 3.44. The lowest BCUT2D eigenvalue weighted by Crippen LogP contribution is -2.46. The minimum absolute atomic E-state index is 0.0534. The maximum atomic E-state index is 5.66. The van der Waals surface area contributed by atoms with Crippen molar-refractivity contribution in [2.24, 2.45) is 5.10 Å². The number of aromatic nitrogens is 6. The molecule has 3 atom stereocenters. The number of thiazole rings is 1. The molecule has 3 aliphatic heterocycles. The van der Waals surface area contributed by atoms with Crippen molar-refractivity contribution in [2.75, 3.05) is 18.1 Å². The van der Waals surface area contributed by atoms with Crippen molar-refractivity contribution in [1.82, 2.24) is 35.1 Å². The molecule has 1 N–H and O–H groups in total. The Hall–Kier alpha value is -2.92. The molecular formula is C21H25N9OS. The Kier molecular flexibility index (Phi) is 4.87. The van der Waals surface area contributed by atoms with E-state index in [0.717, 1.165) is 66.5 Å². The van der Waals surface area contributed by atoms with E-state index < -0.39 is 0 Å². The van der Waals surface area contributed by atoms with Crippen LogP contribution in [-0.4, -0.2) is 55.2 Å². The van der Waals surface area contributed by atoms with Gasteiger partial charge in [0.05, 0.1) is 18.2 Å². The summed E-state index contributed by atoms with van der Waals surface area (Å²) in [5, 5.41) is 16.2. The minimum atomic E-state index is -0.0773. The van der Waals surface area contributed by atoms with Gasteiger partial charge in [-0.1, -0.05) is 6.92 Å². The van der Waals surface area contributed by atoms with E-state index >= 15 is 0 Å². The summed E-state index contributed by atoms with van der Waals surface area (Å²) in [7, 11) is 0. The van der Waals surface area contributed by atoms with Crippen LogP contribution in [0.2, 0.25) is 0 Å². The molecule has 3 aromatic rings. The van der Waals surface area contributed by atoms with Crippen molar-refractivity contribution in [3.05, 3.63) is 40.3 Å². The Morgan fingerprint density at radius 1 is 1.22 bits per heavy atom. The second-order valence-corrected chi connectivity index (χ2v) is 9.26. The fraction of sp³-hybridized carbons (Fsp3) is 0.524. The SMILES string of the molecule is CC[C@@H]1c2nnc(C)n2-c2cnc(C3C=NNC3c3nccs3)nc2N1C1CCOCC1. The zero-order chi connectivity index (χ0) is 21.7. The molecule has 0 bridgehead atoms. The van der Waals surface area contributed by atoms with Gasteiger partial charge in [0.2, 0.25) is 0 Å². The summed E-state index contributed by atoms with van der Waals surface area (Å²) in [6, 6.07) is 0.396. The van der Waals surface area contributed by atoms with Crippen molar-refractivity contribution in [3.63, 3.8) is 0 Å². The Morgan fingerprint density at radius 2 is 2.09 bits per heavy atom. The molecule has 1 saturated heterocycles. The van der Waals surface area contributed by atoms with Crippen LogP contribution in [0.25, 0.3) is 5.69 Å². The maximum absolute atomic E-state index is 5.66. The smallest absolute Gasteiger partial charge is 0.160 e. The molecule has 0 saturated carbocycles. The van der Waals surface area contributed by atoms with Crippen LogP contribution >= 0.6 is 11.3 Å². The van der Waals surface area contributed by atoms with Gasteiger partial charge in [0.25, 0.3) is 0 Å². The highest BCUT2D eigenvalue weighted by Crippen LogP contribution is 2.42. The Bertz CT molecular complexity index is 1140. The van der Waals surface area contributed by atoms with Gasteiger partial charge in [-0.15, -0.1) is 21.5 Å². The normalized spacial score (nSPS) is 24.9. The standard InChI is InChI=1S/C21H25N9OS/c1-3-15-20-28-26-12(2)29(20)16-11-23-18(14-10-24-27-17(14)21-22-6-9-32-21)25-19(16)30(15)13-4-7-31-8-5-13/h6,9-11,13-15,17,27H,3-5,7-8H2,1-2H3/t14?,15-,17?/m1/s1. The third kappa shape index (κ3) is 3.02. The average Bonchev–Trinajstić information content (AvgIpc) is 3.59. The third-order valence-corrected chi connectivity index (χ3v) is 7.39. The van der Waals surface area contributed by atoms with Crippen molar-refractivity contribution in [2.45, 2.75) is 57.2 Å². The minimum Gasteiger partial charge on any atom is -0.381 e. The van der Waals surface area contributed by atoms with E-state index in [0.29, 0.717) is 6.04 Å². The molecule has 10 nitrogen and oxygen atoms in total. The van der Waals surface area contributed by atoms with Crippen LogP contribution in [0.5, 0.6) is 0 Å². The summed E-state index contributed by atoms with van der Waals surface area (Å²) in [6.07, 6.45) is 8.48. The molecule has 3 aliphatic rings. The van der Waals surface area contributed by atoms with Gasteiger partial charge in [0.15, 0.2) is 11.6 Å². The first-order chi connectivity index (χ1) is 15.8. The van der Waals surface area contributed by atoms with Crippen LogP contribution in [-0.2, 0) is 4.74 Å². The van der Waals surface area contributed by atoms with Gasteiger partial charge < -0.3 is 9.64 Å². The lowest BCUT2D eigenvalue weighted by Gasteiger charge is -2.43. The second-order valence-electron chi connectivity index (χ2n) is 8.33. The predicted molar refractivity (Wildman–Crippen MR) is 120 cm³/mol. The van der Waals surface area contributed by atoms with Crippen molar-refractivity contribution < 1.29 is 4.74 Å². The van der Waals surface area contributed by atoms with Crippen LogP contribution in [0.3, 0.4) is 0 Å². The first kappa shape index (κ1) is 19.7. The number of fused-ring (bicyclic) bond motifs is 3. The van der Waals surface area contributed by atoms with Crippen LogP contribution in [0.4, 0.5) is 5.82 Å². The number of rotatable bonds is 4. The van der Waals surface area contributed by atoms with Gasteiger partial charge in [-0.3, -0.25) is 9.99 Å². The van der Waals surface area contributed by atoms with Gasteiger partial charge >= 0.3 is 0 Å². The number of ether oxygens (including phenoxy) is 1. The number of aryl methyl sites for hydroxylation is 1. The highest BCUT2D eigenvalue weighted by molar-refractivity contribution is 7.09. The van der Waals surface area contributed by atoms with Crippen LogP contribution in [0, 0.1) is 6.92 Å². The highest BCUT2D eigenvalue weighted by atomic mass is 32.1. The first-order valence-electron chi connectivity index (χ1n) is 11.1. The summed E-state index contributed by atoms with van der Waals surface area (Å²) < 4.78 is 7.77. The van der Waals surface area contributed by atoms with E-state index in [1.54, 1.807) is 11.3 Å². The molecule has 0 aromatic carbocycles. The second kappa shape index (κ2) is 7.89. The topological polar surface area (TPSA) is 106 Å². The average molecular weight is 452 g/mol. The van der Waals surface area contributed by atoms with Crippen molar-refractivity contribution in [3.8, 4) is 5.69 Å². The first-order valence-corrected chi connectivity index (χ1v) is 12.0. The number of hydrogen-bond acceptors (Lipinski definition) is 10. The molecule has 1 fully saturated rings. The highest BCUT2D eigenvalue weighted by Gasteiger charge is 2.40. The van der Waals surface area contributed by atoms with Crippen LogP contribution in [0.15, 0.2) is 22.9 Å². The van der Waals surface area contributed by atoms with E-state index in [4.69, 9.17) is 14.7 Å². The summed E-state index contributed by atoms with van der Waals surface area (Å²) in [6.45, 7) is 5.71. The molecule has 0 spiro atoms. The van der Waals surface area contributed by atoms with Crippen LogP contribution < -0.4 is 10.3 Å². The Balaban J connectivity index is 1.48. The predicted octanol–water partition coefficient (Wildman–Crippen LogP) is 2.69. The number of hydrogen-bond donors (Lipinski definition) is 1. The quantitative estimate of drug-likeness (QED) is 0.645. The fourth-order valence-corrected chi connectivity index (χ4v) is 5.73. The zero-order valence-electron chi connectivity index (χ0n) is 18.0. The van der Waals surface area contributed by atoms with Crippen LogP contribution in [0.1, 0.15) is 66.7 Å². The molecule has 6 heterocycles. The van der Waals surface area contributed by atoms with E-state index in [-0.39, 0.29) is 18.0 Å².